The monoisotopic (exact) mass is 328 g/mol. The number of carboxylic acid groups (broad SMARTS) is 2. The highest BCUT2D eigenvalue weighted by molar-refractivity contribution is 7.71. The van der Waals surface area contributed by atoms with Crippen LogP contribution in [0.25, 0.3) is 0 Å². The lowest BCUT2D eigenvalue weighted by Gasteiger charge is -1.90. The highest BCUT2D eigenvalue weighted by Crippen LogP contribution is 1.94. The standard InChI is InChI=1S/2C6H5NO2S.H2O/c2*8-6(9)4-2-1-3-5(10)7-4;/h2*1-3H,(H,7,10)(H,8,9);1H2. The molecule has 2 heterocycles. The van der Waals surface area contributed by atoms with Gasteiger partial charge in [-0.25, -0.2) is 9.59 Å². The number of hydrogen-bond donors (Lipinski definition) is 4. The quantitative estimate of drug-likeness (QED) is 0.623. The minimum absolute atomic E-state index is 0. The molecule has 0 fully saturated rings. The van der Waals surface area contributed by atoms with E-state index in [2.05, 4.69) is 9.97 Å². The van der Waals surface area contributed by atoms with Gasteiger partial charge in [0.25, 0.3) is 0 Å². The lowest BCUT2D eigenvalue weighted by atomic mass is 10.4. The zero-order chi connectivity index (χ0) is 15.1. The zero-order valence-corrected chi connectivity index (χ0v) is 12.1. The largest absolute Gasteiger partial charge is 0.477 e. The van der Waals surface area contributed by atoms with Crippen molar-refractivity contribution in [3.63, 3.8) is 0 Å². The van der Waals surface area contributed by atoms with Crippen molar-refractivity contribution in [2.24, 2.45) is 0 Å². The van der Waals surface area contributed by atoms with E-state index < -0.39 is 11.9 Å². The summed E-state index contributed by atoms with van der Waals surface area (Å²) in [7, 11) is 0. The first kappa shape index (κ1) is 18.6. The summed E-state index contributed by atoms with van der Waals surface area (Å²) in [5.74, 6) is -1.99. The van der Waals surface area contributed by atoms with E-state index in [0.717, 1.165) is 0 Å². The molecule has 0 atom stereocenters. The fourth-order valence-corrected chi connectivity index (χ4v) is 1.52. The summed E-state index contributed by atoms with van der Waals surface area (Å²) in [5.41, 5.74) is 0.236. The summed E-state index contributed by atoms with van der Waals surface area (Å²) in [6.45, 7) is 0. The van der Waals surface area contributed by atoms with Crippen LogP contribution in [0.2, 0.25) is 0 Å². The number of H-pyrrole nitrogens is 2. The Morgan fingerprint density at radius 1 is 0.810 bits per heavy atom. The molecule has 0 radical (unpaired) electrons. The van der Waals surface area contributed by atoms with E-state index in [0.29, 0.717) is 9.28 Å². The molecular weight excluding hydrogens is 316 g/mol. The van der Waals surface area contributed by atoms with Crippen LogP contribution in [-0.2, 0) is 0 Å². The molecule has 0 amide bonds. The van der Waals surface area contributed by atoms with Gasteiger partial charge < -0.3 is 25.7 Å². The Hall–Kier alpha value is -2.36. The molecule has 2 aromatic rings. The van der Waals surface area contributed by atoms with Crippen molar-refractivity contribution >= 4 is 36.4 Å². The predicted octanol–water partition coefficient (Wildman–Crippen LogP) is 2.06. The number of aromatic nitrogens is 2. The number of hydrogen-bond acceptors (Lipinski definition) is 4. The number of carboxylic acids is 2. The number of aromatic amines is 2. The Bertz CT molecular complexity index is 675. The fraction of sp³-hybridized carbons (Fsp3) is 0. The first-order valence-electron chi connectivity index (χ1n) is 5.25. The van der Waals surface area contributed by atoms with Gasteiger partial charge in [0.05, 0.1) is 0 Å². The van der Waals surface area contributed by atoms with Crippen LogP contribution in [0.15, 0.2) is 36.4 Å². The Morgan fingerprint density at radius 2 is 1.14 bits per heavy atom. The maximum Gasteiger partial charge on any atom is 0.352 e. The number of pyridine rings is 2. The summed E-state index contributed by atoms with van der Waals surface area (Å²) in [6, 6.07) is 9.37. The van der Waals surface area contributed by atoms with E-state index in [1.54, 1.807) is 24.3 Å². The lowest BCUT2D eigenvalue weighted by Crippen LogP contribution is -1.98. The van der Waals surface area contributed by atoms with Gasteiger partial charge in [-0.15, -0.1) is 0 Å². The van der Waals surface area contributed by atoms with Gasteiger partial charge in [-0.3, -0.25) is 0 Å². The molecule has 0 spiro atoms. The summed E-state index contributed by atoms with van der Waals surface area (Å²) in [5, 5.41) is 16.9. The van der Waals surface area contributed by atoms with Crippen molar-refractivity contribution < 1.29 is 25.3 Å². The Kier molecular flexibility index (Phi) is 7.76. The van der Waals surface area contributed by atoms with Crippen molar-refractivity contribution in [3.8, 4) is 0 Å². The van der Waals surface area contributed by atoms with Crippen LogP contribution in [0.3, 0.4) is 0 Å². The van der Waals surface area contributed by atoms with Crippen LogP contribution in [0, 0.1) is 9.28 Å². The fourth-order valence-electron chi connectivity index (χ4n) is 1.15. The van der Waals surface area contributed by atoms with Gasteiger partial charge >= 0.3 is 11.9 Å². The van der Waals surface area contributed by atoms with Crippen LogP contribution in [0.4, 0.5) is 0 Å². The summed E-state index contributed by atoms with van der Waals surface area (Å²) in [6.07, 6.45) is 0. The van der Waals surface area contributed by atoms with E-state index in [1.165, 1.54) is 12.1 Å². The van der Waals surface area contributed by atoms with Crippen molar-refractivity contribution in [1.82, 2.24) is 9.97 Å². The molecule has 0 aliphatic rings. The minimum atomic E-state index is -0.994. The van der Waals surface area contributed by atoms with Crippen LogP contribution < -0.4 is 0 Å². The molecule has 0 saturated heterocycles. The number of rotatable bonds is 2. The van der Waals surface area contributed by atoms with Crippen molar-refractivity contribution in [3.05, 3.63) is 57.1 Å². The molecule has 0 aromatic carbocycles. The SMILES string of the molecule is O.O=C(O)c1cccc(=S)[nH]1.O=C(O)c1cccc(=S)[nH]1. The van der Waals surface area contributed by atoms with Crippen LogP contribution in [0.1, 0.15) is 21.0 Å². The van der Waals surface area contributed by atoms with Crippen molar-refractivity contribution in [1.29, 1.82) is 0 Å². The normalized spacial score (nSPS) is 8.76. The van der Waals surface area contributed by atoms with Gasteiger partial charge in [-0.1, -0.05) is 36.6 Å². The second-order valence-electron chi connectivity index (χ2n) is 3.47. The summed E-state index contributed by atoms with van der Waals surface area (Å²) in [4.78, 5) is 25.6. The van der Waals surface area contributed by atoms with Crippen molar-refractivity contribution in [2.45, 2.75) is 0 Å². The first-order chi connectivity index (χ1) is 9.40. The number of carbonyl (C=O) groups is 2. The van der Waals surface area contributed by atoms with Gasteiger partial charge in [0, 0.05) is 0 Å². The van der Waals surface area contributed by atoms with Gasteiger partial charge in [-0.05, 0) is 24.3 Å². The third-order valence-electron chi connectivity index (χ3n) is 2.00. The Balaban J connectivity index is 0.000000364. The average Bonchev–Trinajstić information content (AvgIpc) is 2.39. The van der Waals surface area contributed by atoms with Crippen LogP contribution in [0.5, 0.6) is 0 Å². The average molecular weight is 328 g/mol. The molecule has 0 unspecified atom stereocenters. The highest BCUT2D eigenvalue weighted by atomic mass is 32.1. The van der Waals surface area contributed by atoms with E-state index in [4.69, 9.17) is 34.6 Å². The van der Waals surface area contributed by atoms with Gasteiger partial charge in [-0.2, -0.15) is 0 Å². The molecule has 112 valence electrons. The number of aromatic carboxylic acids is 2. The molecule has 21 heavy (non-hydrogen) atoms. The van der Waals surface area contributed by atoms with E-state index in [-0.39, 0.29) is 16.9 Å². The second kappa shape index (κ2) is 8.74. The van der Waals surface area contributed by atoms with Crippen LogP contribution in [-0.4, -0.2) is 37.6 Å². The van der Waals surface area contributed by atoms with Gasteiger partial charge in [0.2, 0.25) is 0 Å². The smallest absolute Gasteiger partial charge is 0.352 e. The Labute approximate surface area is 129 Å². The summed E-state index contributed by atoms with van der Waals surface area (Å²) < 4.78 is 0.861. The Morgan fingerprint density at radius 3 is 1.33 bits per heavy atom. The second-order valence-corrected chi connectivity index (χ2v) is 4.35. The van der Waals surface area contributed by atoms with E-state index in [1.807, 2.05) is 0 Å². The van der Waals surface area contributed by atoms with Gasteiger partial charge in [0.15, 0.2) is 0 Å². The van der Waals surface area contributed by atoms with Crippen LogP contribution >= 0.6 is 24.4 Å². The van der Waals surface area contributed by atoms with E-state index >= 15 is 0 Å². The molecule has 0 aliphatic carbocycles. The molecule has 2 aromatic heterocycles. The molecule has 0 bridgehead atoms. The predicted molar refractivity (Wildman–Crippen MR) is 80.8 cm³/mol. The molecule has 6 N–H and O–H groups in total. The number of nitrogens with one attached hydrogen (secondary N) is 2. The molecule has 2 rings (SSSR count). The molecule has 7 nitrogen and oxygen atoms in total. The highest BCUT2D eigenvalue weighted by Gasteiger charge is 1.99. The molecule has 0 aliphatic heterocycles. The maximum absolute atomic E-state index is 10.3. The van der Waals surface area contributed by atoms with E-state index in [9.17, 15) is 9.59 Å². The molecule has 9 heteroatoms. The topological polar surface area (TPSA) is 138 Å². The first-order valence-corrected chi connectivity index (χ1v) is 6.07. The zero-order valence-electron chi connectivity index (χ0n) is 10.5. The third kappa shape index (κ3) is 6.56. The van der Waals surface area contributed by atoms with Crippen molar-refractivity contribution in [2.75, 3.05) is 0 Å². The molecule has 0 saturated carbocycles. The summed E-state index contributed by atoms with van der Waals surface area (Å²) >= 11 is 9.40. The maximum atomic E-state index is 10.3. The minimum Gasteiger partial charge on any atom is -0.477 e. The van der Waals surface area contributed by atoms with Gasteiger partial charge in [0.1, 0.15) is 20.7 Å². The third-order valence-corrected chi connectivity index (χ3v) is 2.47. The lowest BCUT2D eigenvalue weighted by molar-refractivity contribution is 0.0679. The molecular formula is C12H12N2O5S2.